The van der Waals surface area contributed by atoms with Crippen molar-refractivity contribution >= 4 is 21.1 Å². The standard InChI is InChI=1S/C24H43NO5S2.Na/c1-7-8-9-10-11-12-16-30-21-14-13-20(24(5,6)19-23(2,3)4)18-22(21)32(28,29)25-15-17-31(26)27;/h13-14,18,25H,7-12,15-17,19H2,1-6H3,(H,26,27);/q;+1/p-1. The first-order valence-corrected chi connectivity index (χ1v) is 14.3. The first kappa shape index (κ1) is 33.0. The predicted molar refractivity (Wildman–Crippen MR) is 131 cm³/mol. The average molecular weight is 512 g/mol. The van der Waals surface area contributed by atoms with Crippen LogP contribution in [0.15, 0.2) is 23.1 Å². The van der Waals surface area contributed by atoms with Gasteiger partial charge >= 0.3 is 29.6 Å². The van der Waals surface area contributed by atoms with Crippen molar-refractivity contribution in [2.45, 2.75) is 96.8 Å². The molecule has 6 nitrogen and oxygen atoms in total. The van der Waals surface area contributed by atoms with E-state index in [1.54, 1.807) is 12.1 Å². The number of nitrogens with one attached hydrogen (secondary N) is 1. The van der Waals surface area contributed by atoms with Crippen LogP contribution in [0.5, 0.6) is 5.75 Å². The normalized spacial score (nSPS) is 13.4. The van der Waals surface area contributed by atoms with Crippen molar-refractivity contribution in [1.82, 2.24) is 4.72 Å². The summed E-state index contributed by atoms with van der Waals surface area (Å²) in [6, 6.07) is 5.35. The third-order valence-corrected chi connectivity index (χ3v) is 7.32. The van der Waals surface area contributed by atoms with Crippen LogP contribution in [0.25, 0.3) is 0 Å². The molecular formula is C24H42NNaO5S2. The third-order valence-electron chi connectivity index (χ3n) is 5.30. The van der Waals surface area contributed by atoms with E-state index in [0.29, 0.717) is 12.4 Å². The molecule has 1 aromatic carbocycles. The fraction of sp³-hybridized carbons (Fsp3) is 0.750. The molecule has 1 N–H and O–H groups in total. The Morgan fingerprint density at radius 3 is 2.21 bits per heavy atom. The van der Waals surface area contributed by atoms with Crippen LogP contribution < -0.4 is 39.0 Å². The van der Waals surface area contributed by atoms with Gasteiger partial charge in [0, 0.05) is 12.3 Å². The fourth-order valence-electron chi connectivity index (χ4n) is 4.09. The summed E-state index contributed by atoms with van der Waals surface area (Å²) in [5.74, 6) is 0.0344. The van der Waals surface area contributed by atoms with Gasteiger partial charge in [0.05, 0.1) is 6.61 Å². The minimum atomic E-state index is -3.92. The second kappa shape index (κ2) is 15.2. The van der Waals surface area contributed by atoms with Gasteiger partial charge in [-0.2, -0.15) is 0 Å². The minimum absolute atomic E-state index is 0. The second-order valence-electron chi connectivity index (χ2n) is 10.3. The minimum Gasteiger partial charge on any atom is -0.772 e. The summed E-state index contributed by atoms with van der Waals surface area (Å²) >= 11 is -2.31. The van der Waals surface area contributed by atoms with Crippen molar-refractivity contribution < 1.29 is 51.5 Å². The molecule has 0 radical (unpaired) electrons. The molecule has 0 bridgehead atoms. The van der Waals surface area contributed by atoms with Gasteiger partial charge in [0.15, 0.2) is 0 Å². The average Bonchev–Trinajstić information content (AvgIpc) is 2.65. The summed E-state index contributed by atoms with van der Waals surface area (Å²) in [6.45, 7) is 13.2. The van der Waals surface area contributed by atoms with E-state index in [1.165, 1.54) is 19.3 Å². The quantitative estimate of drug-likeness (QED) is 0.221. The number of ether oxygens (including phenoxy) is 1. The maximum Gasteiger partial charge on any atom is 1.00 e. The molecule has 1 unspecified atom stereocenters. The Labute approximate surface area is 226 Å². The molecule has 0 aliphatic heterocycles. The summed E-state index contributed by atoms with van der Waals surface area (Å²) in [5.41, 5.74) is 0.745. The van der Waals surface area contributed by atoms with Crippen LogP contribution in [0.4, 0.5) is 0 Å². The van der Waals surface area contributed by atoms with Gasteiger partial charge in [-0.05, 0) is 41.4 Å². The van der Waals surface area contributed by atoms with Crippen molar-refractivity contribution in [3.05, 3.63) is 23.8 Å². The van der Waals surface area contributed by atoms with Crippen molar-refractivity contribution in [1.29, 1.82) is 0 Å². The van der Waals surface area contributed by atoms with Crippen molar-refractivity contribution in [3.8, 4) is 5.75 Å². The Bertz CT molecular complexity index is 836. The van der Waals surface area contributed by atoms with Gasteiger partial charge in [-0.3, -0.25) is 4.21 Å². The number of hydrogen-bond donors (Lipinski definition) is 1. The summed E-state index contributed by atoms with van der Waals surface area (Å²) in [6.07, 6.45) is 7.57. The van der Waals surface area contributed by atoms with Crippen LogP contribution in [0.1, 0.15) is 92.1 Å². The Hall–Kier alpha value is 0.0400. The molecule has 1 rings (SSSR count). The zero-order valence-electron chi connectivity index (χ0n) is 21.7. The topological polar surface area (TPSA) is 95.5 Å². The number of benzene rings is 1. The molecule has 0 spiro atoms. The molecule has 1 aromatic rings. The summed E-state index contributed by atoms with van der Waals surface area (Å²) < 4.78 is 55.9. The molecule has 0 saturated carbocycles. The molecule has 186 valence electrons. The van der Waals surface area contributed by atoms with E-state index >= 15 is 0 Å². The largest absolute Gasteiger partial charge is 1.00 e. The number of sulfonamides is 1. The van der Waals surface area contributed by atoms with Crippen LogP contribution in [-0.4, -0.2) is 36.1 Å². The van der Waals surface area contributed by atoms with Crippen molar-refractivity contribution in [2.75, 3.05) is 18.9 Å². The molecule has 0 aromatic heterocycles. The van der Waals surface area contributed by atoms with Gasteiger partial charge in [-0.25, -0.2) is 13.1 Å². The van der Waals surface area contributed by atoms with E-state index < -0.39 is 21.1 Å². The summed E-state index contributed by atoms with van der Waals surface area (Å²) in [7, 11) is -3.92. The molecule has 0 aliphatic carbocycles. The van der Waals surface area contributed by atoms with E-state index in [4.69, 9.17) is 4.74 Å². The fourth-order valence-corrected chi connectivity index (χ4v) is 5.69. The molecule has 0 fully saturated rings. The SMILES string of the molecule is CCCCCCCCOc1ccc(C(C)(C)CC(C)(C)C)cc1S(=O)(=O)NCCS(=O)[O-].[Na+]. The third kappa shape index (κ3) is 13.1. The van der Waals surface area contributed by atoms with Crippen LogP contribution >= 0.6 is 0 Å². The van der Waals surface area contributed by atoms with Gasteiger partial charge < -0.3 is 9.29 Å². The first-order valence-electron chi connectivity index (χ1n) is 11.6. The van der Waals surface area contributed by atoms with Gasteiger partial charge in [0.2, 0.25) is 10.0 Å². The zero-order chi connectivity index (χ0) is 24.4. The zero-order valence-corrected chi connectivity index (χ0v) is 25.3. The Balaban J connectivity index is 0.0000102. The van der Waals surface area contributed by atoms with Crippen LogP contribution in [0, 0.1) is 5.41 Å². The smallest absolute Gasteiger partial charge is 0.772 e. The predicted octanol–water partition coefficient (Wildman–Crippen LogP) is 2.30. The monoisotopic (exact) mass is 511 g/mol. The molecule has 33 heavy (non-hydrogen) atoms. The number of unbranched alkanes of at least 4 members (excludes halogenated alkanes) is 5. The summed E-state index contributed by atoms with van der Waals surface area (Å²) in [4.78, 5) is 0.0691. The van der Waals surface area contributed by atoms with Crippen molar-refractivity contribution in [2.24, 2.45) is 5.41 Å². The van der Waals surface area contributed by atoms with Crippen LogP contribution in [0.2, 0.25) is 0 Å². The first-order chi connectivity index (χ1) is 14.8. The molecule has 0 heterocycles. The molecular weight excluding hydrogens is 469 g/mol. The molecule has 0 saturated heterocycles. The summed E-state index contributed by atoms with van der Waals surface area (Å²) in [5, 5.41) is 0. The van der Waals surface area contributed by atoms with E-state index in [9.17, 15) is 17.2 Å². The van der Waals surface area contributed by atoms with E-state index in [-0.39, 0.29) is 57.6 Å². The van der Waals surface area contributed by atoms with E-state index in [2.05, 4.69) is 46.3 Å². The van der Waals surface area contributed by atoms with Gasteiger partial charge in [-0.15, -0.1) is 0 Å². The van der Waals surface area contributed by atoms with Gasteiger partial charge in [0.25, 0.3) is 0 Å². The Morgan fingerprint density at radius 1 is 1.03 bits per heavy atom. The van der Waals surface area contributed by atoms with E-state index in [0.717, 1.165) is 31.2 Å². The second-order valence-corrected chi connectivity index (χ2v) is 13.1. The number of hydrogen-bond acceptors (Lipinski definition) is 5. The molecule has 0 amide bonds. The Morgan fingerprint density at radius 2 is 1.64 bits per heavy atom. The molecule has 1 atom stereocenters. The maximum atomic E-state index is 13.0. The van der Waals surface area contributed by atoms with Crippen molar-refractivity contribution in [3.63, 3.8) is 0 Å². The molecule has 0 aliphatic rings. The number of rotatable bonds is 15. The van der Waals surface area contributed by atoms with Gasteiger partial charge in [-0.1, -0.05) is 90.8 Å². The molecule has 9 heteroatoms. The van der Waals surface area contributed by atoms with Crippen LogP contribution in [-0.2, 0) is 26.5 Å². The van der Waals surface area contributed by atoms with E-state index in [1.807, 2.05) is 6.07 Å². The van der Waals surface area contributed by atoms with Gasteiger partial charge in [0.1, 0.15) is 10.6 Å². The maximum absolute atomic E-state index is 13.0. The van der Waals surface area contributed by atoms with Crippen LogP contribution in [0.3, 0.4) is 0 Å². The Kier molecular flexibility index (Phi) is 15.2.